The molecule has 7 nitrogen and oxygen atoms in total. The Morgan fingerprint density at radius 1 is 1.31 bits per heavy atom. The summed E-state index contributed by atoms with van der Waals surface area (Å²) in [4.78, 5) is 27.2. The monoisotopic (exact) mass is 371 g/mol. The van der Waals surface area contributed by atoms with Crippen LogP contribution in [0.15, 0.2) is 42.5 Å². The number of amides is 1. The van der Waals surface area contributed by atoms with Gasteiger partial charge in [-0.1, -0.05) is 12.1 Å². The van der Waals surface area contributed by atoms with Crippen molar-refractivity contribution in [1.82, 2.24) is 10.3 Å². The molecule has 3 aromatic rings. The third-order valence-electron chi connectivity index (χ3n) is 3.83. The van der Waals surface area contributed by atoms with E-state index in [4.69, 9.17) is 4.74 Å². The first kappa shape index (κ1) is 17.8. The number of ether oxygens (including phenoxy) is 1. The molecule has 0 bridgehead atoms. The number of hydrogen-bond acceptors (Lipinski definition) is 6. The van der Waals surface area contributed by atoms with E-state index in [2.05, 4.69) is 10.3 Å². The van der Waals surface area contributed by atoms with Gasteiger partial charge in [0.1, 0.15) is 0 Å². The van der Waals surface area contributed by atoms with E-state index in [1.165, 1.54) is 25.3 Å². The summed E-state index contributed by atoms with van der Waals surface area (Å²) in [5, 5.41) is 14.8. The van der Waals surface area contributed by atoms with E-state index >= 15 is 0 Å². The van der Waals surface area contributed by atoms with Crippen molar-refractivity contribution in [2.24, 2.45) is 0 Å². The Morgan fingerprint density at radius 2 is 2.12 bits per heavy atom. The van der Waals surface area contributed by atoms with E-state index in [-0.39, 0.29) is 22.9 Å². The number of para-hydroxylation sites is 1. The maximum atomic E-state index is 12.2. The molecule has 1 aromatic heterocycles. The number of nitrogens with zero attached hydrogens (tertiary/aromatic N) is 2. The number of carbonyl (C=O) groups excluding carboxylic acids is 1. The summed E-state index contributed by atoms with van der Waals surface area (Å²) in [6.07, 6.45) is 1.51. The average molecular weight is 371 g/mol. The first-order chi connectivity index (χ1) is 12.6. The van der Waals surface area contributed by atoms with Gasteiger partial charge in [-0.2, -0.15) is 0 Å². The minimum Gasteiger partial charge on any atom is -0.490 e. The molecule has 8 heteroatoms. The van der Waals surface area contributed by atoms with Gasteiger partial charge < -0.3 is 10.1 Å². The van der Waals surface area contributed by atoms with Crippen molar-refractivity contribution >= 4 is 33.1 Å². The van der Waals surface area contributed by atoms with Crippen molar-refractivity contribution in [3.05, 3.63) is 63.1 Å². The van der Waals surface area contributed by atoms with Crippen LogP contribution >= 0.6 is 11.3 Å². The zero-order valence-corrected chi connectivity index (χ0v) is 14.9. The zero-order valence-electron chi connectivity index (χ0n) is 14.1. The fraction of sp³-hybridized carbons (Fsp3) is 0.222. The topological polar surface area (TPSA) is 94.4 Å². The van der Waals surface area contributed by atoms with Crippen LogP contribution in [-0.2, 0) is 6.42 Å². The van der Waals surface area contributed by atoms with Crippen LogP contribution in [0.4, 0.5) is 5.69 Å². The summed E-state index contributed by atoms with van der Waals surface area (Å²) in [7, 11) is 1.35. The number of rotatable bonds is 7. The van der Waals surface area contributed by atoms with Gasteiger partial charge in [0.05, 0.1) is 27.3 Å². The first-order valence-corrected chi connectivity index (χ1v) is 8.85. The van der Waals surface area contributed by atoms with Gasteiger partial charge in [-0.3, -0.25) is 14.9 Å². The number of hydrogen-bond donors (Lipinski definition) is 1. The third kappa shape index (κ3) is 3.97. The van der Waals surface area contributed by atoms with Crippen LogP contribution in [0.5, 0.6) is 5.75 Å². The highest BCUT2D eigenvalue weighted by Gasteiger charge is 2.18. The molecule has 0 aliphatic carbocycles. The molecule has 0 unspecified atom stereocenters. The average Bonchev–Trinajstić information content (AvgIpc) is 3.07. The number of thiazole rings is 1. The largest absolute Gasteiger partial charge is 0.490 e. The maximum absolute atomic E-state index is 12.2. The van der Waals surface area contributed by atoms with Gasteiger partial charge in [-0.25, -0.2) is 4.98 Å². The molecule has 1 N–H and O–H groups in total. The van der Waals surface area contributed by atoms with Gasteiger partial charge in [0.15, 0.2) is 5.75 Å². The van der Waals surface area contributed by atoms with E-state index in [9.17, 15) is 14.9 Å². The number of carbonyl (C=O) groups is 1. The summed E-state index contributed by atoms with van der Waals surface area (Å²) < 4.78 is 6.08. The summed E-state index contributed by atoms with van der Waals surface area (Å²) in [6, 6.07) is 12.1. The molecule has 134 valence electrons. The summed E-state index contributed by atoms with van der Waals surface area (Å²) >= 11 is 1.65. The first-order valence-electron chi connectivity index (χ1n) is 8.03. The predicted octanol–water partition coefficient (Wildman–Crippen LogP) is 3.58. The van der Waals surface area contributed by atoms with Crippen molar-refractivity contribution in [3.8, 4) is 5.75 Å². The highest BCUT2D eigenvalue weighted by atomic mass is 32.1. The third-order valence-corrected chi connectivity index (χ3v) is 4.93. The number of nitro groups is 1. The Balaban J connectivity index is 1.55. The van der Waals surface area contributed by atoms with Crippen molar-refractivity contribution < 1.29 is 14.5 Å². The van der Waals surface area contributed by atoms with Crippen LogP contribution in [0.3, 0.4) is 0 Å². The number of nitrogens with one attached hydrogen (secondary N) is 1. The van der Waals surface area contributed by atoms with E-state index in [0.29, 0.717) is 6.54 Å². The molecule has 3 rings (SSSR count). The van der Waals surface area contributed by atoms with Crippen molar-refractivity contribution in [2.75, 3.05) is 13.7 Å². The maximum Gasteiger partial charge on any atom is 0.311 e. The van der Waals surface area contributed by atoms with Crippen molar-refractivity contribution in [2.45, 2.75) is 12.8 Å². The Hall–Kier alpha value is -3.00. The lowest BCUT2D eigenvalue weighted by Gasteiger charge is -2.06. The quantitative estimate of drug-likeness (QED) is 0.389. The Morgan fingerprint density at radius 3 is 2.85 bits per heavy atom. The highest BCUT2D eigenvalue weighted by molar-refractivity contribution is 7.18. The van der Waals surface area contributed by atoms with Crippen molar-refractivity contribution in [3.63, 3.8) is 0 Å². The van der Waals surface area contributed by atoms with Crippen LogP contribution in [0.25, 0.3) is 10.2 Å². The smallest absolute Gasteiger partial charge is 0.311 e. The molecular formula is C18H17N3O4S. The molecular weight excluding hydrogens is 354 g/mol. The number of methoxy groups -OCH3 is 1. The predicted molar refractivity (Wildman–Crippen MR) is 99.9 cm³/mol. The molecule has 1 amide bonds. The SMILES string of the molecule is COc1ccc(C(=O)NCCCc2nc3ccccc3s2)cc1[N+](=O)[O-]. The molecule has 0 saturated carbocycles. The van der Waals surface area contributed by atoms with Gasteiger partial charge >= 0.3 is 5.69 Å². The zero-order chi connectivity index (χ0) is 18.5. The van der Waals surface area contributed by atoms with Crippen LogP contribution in [-0.4, -0.2) is 29.5 Å². The van der Waals surface area contributed by atoms with Gasteiger partial charge in [0.2, 0.25) is 0 Å². The standard InChI is InChI=1S/C18H17N3O4S/c1-25-15-9-8-12(11-14(15)21(23)24)18(22)19-10-4-7-17-20-13-5-2-3-6-16(13)26-17/h2-3,5-6,8-9,11H,4,7,10H2,1H3,(H,19,22). The molecule has 0 radical (unpaired) electrons. The van der Waals surface area contributed by atoms with E-state index in [1.807, 2.05) is 24.3 Å². The van der Waals surface area contributed by atoms with Crippen LogP contribution in [0, 0.1) is 10.1 Å². The van der Waals surface area contributed by atoms with Crippen LogP contribution < -0.4 is 10.1 Å². The van der Waals surface area contributed by atoms with Gasteiger partial charge in [-0.15, -0.1) is 11.3 Å². The number of nitro benzene ring substituents is 1. The Bertz CT molecular complexity index is 922. The summed E-state index contributed by atoms with van der Waals surface area (Å²) in [5.41, 5.74) is 0.995. The minimum absolute atomic E-state index is 0.127. The Labute approximate surface area is 153 Å². The molecule has 26 heavy (non-hydrogen) atoms. The highest BCUT2D eigenvalue weighted by Crippen LogP contribution is 2.27. The lowest BCUT2D eigenvalue weighted by molar-refractivity contribution is -0.385. The summed E-state index contributed by atoms with van der Waals surface area (Å²) in [5.74, 6) is -0.220. The van der Waals surface area contributed by atoms with Gasteiger partial charge in [0.25, 0.3) is 5.91 Å². The molecule has 0 saturated heterocycles. The lowest BCUT2D eigenvalue weighted by Crippen LogP contribution is -2.24. The Kier molecular flexibility index (Phi) is 5.43. The van der Waals surface area contributed by atoms with E-state index in [0.717, 1.165) is 28.1 Å². The number of fused-ring (bicyclic) bond motifs is 1. The minimum atomic E-state index is -0.567. The normalized spacial score (nSPS) is 10.7. The molecule has 0 atom stereocenters. The molecule has 0 aliphatic rings. The second-order valence-electron chi connectivity index (χ2n) is 5.58. The van der Waals surface area contributed by atoms with Crippen molar-refractivity contribution in [1.29, 1.82) is 0 Å². The van der Waals surface area contributed by atoms with Crippen LogP contribution in [0.1, 0.15) is 21.8 Å². The molecule has 0 spiro atoms. The molecule has 0 aliphatic heterocycles. The van der Waals surface area contributed by atoms with E-state index < -0.39 is 4.92 Å². The second-order valence-corrected chi connectivity index (χ2v) is 6.69. The van der Waals surface area contributed by atoms with E-state index in [1.54, 1.807) is 11.3 Å². The van der Waals surface area contributed by atoms with Gasteiger partial charge in [0, 0.05) is 24.6 Å². The fourth-order valence-corrected chi connectivity index (χ4v) is 3.55. The number of aryl methyl sites for hydroxylation is 1. The summed E-state index contributed by atoms with van der Waals surface area (Å²) in [6.45, 7) is 0.467. The van der Waals surface area contributed by atoms with Gasteiger partial charge in [-0.05, 0) is 30.7 Å². The number of benzene rings is 2. The lowest BCUT2D eigenvalue weighted by atomic mass is 10.1. The van der Waals surface area contributed by atoms with Crippen LogP contribution in [0.2, 0.25) is 0 Å². The second kappa shape index (κ2) is 7.92. The molecule has 0 fully saturated rings. The fourth-order valence-electron chi connectivity index (χ4n) is 2.54. The number of aromatic nitrogens is 1. The molecule has 1 heterocycles. The molecule has 2 aromatic carbocycles.